The van der Waals surface area contributed by atoms with Gasteiger partial charge >= 0.3 is 0 Å². The van der Waals surface area contributed by atoms with E-state index in [1.54, 1.807) is 19.6 Å². The fourth-order valence-corrected chi connectivity index (χ4v) is 2.36. The highest BCUT2D eigenvalue weighted by molar-refractivity contribution is 7.71. The minimum Gasteiger partial charge on any atom is -0.497 e. The highest BCUT2D eigenvalue weighted by atomic mass is 32.1. The van der Waals surface area contributed by atoms with Gasteiger partial charge in [0.2, 0.25) is 0 Å². The molecular weight excluding hydrogens is 257 g/mol. The fraction of sp³-hybridized carbons (Fsp3) is 0.0714. The minimum atomic E-state index is 0.552. The molecule has 1 aromatic carbocycles. The van der Waals surface area contributed by atoms with E-state index in [-0.39, 0.29) is 0 Å². The zero-order valence-electron chi connectivity index (χ0n) is 10.3. The number of rotatable bonds is 2. The van der Waals surface area contributed by atoms with E-state index in [0.29, 0.717) is 11.2 Å². The van der Waals surface area contributed by atoms with Crippen molar-refractivity contribution in [1.82, 2.24) is 4.98 Å². The summed E-state index contributed by atoms with van der Waals surface area (Å²) in [4.78, 5) is 3.28. The van der Waals surface area contributed by atoms with Crippen LogP contribution in [0.2, 0.25) is 0 Å². The number of fused-ring (bicyclic) bond motifs is 1. The van der Waals surface area contributed by atoms with Gasteiger partial charge in [-0.15, -0.1) is 0 Å². The molecule has 2 heterocycles. The Morgan fingerprint density at radius 2 is 2.16 bits per heavy atom. The second-order valence-electron chi connectivity index (χ2n) is 4.16. The van der Waals surface area contributed by atoms with Crippen molar-refractivity contribution in [2.24, 2.45) is 0 Å². The first kappa shape index (κ1) is 12.1. The molecule has 0 amide bonds. The maximum atomic E-state index is 6.09. The number of H-pyrrole nitrogens is 1. The molecule has 0 aliphatic heterocycles. The Labute approximate surface area is 116 Å². The summed E-state index contributed by atoms with van der Waals surface area (Å²) in [7, 11) is 7.68. The molecule has 0 atom stereocenters. The SMILES string of the molecule is [B]c1c(OC)ccc2c(=S)cc(-c3ccoc3)[nH]c12. The average molecular weight is 267 g/mol. The van der Waals surface area contributed by atoms with Gasteiger partial charge in [-0.05, 0) is 29.7 Å². The van der Waals surface area contributed by atoms with Gasteiger partial charge in [-0.2, -0.15) is 0 Å². The van der Waals surface area contributed by atoms with E-state index in [4.69, 9.17) is 29.2 Å². The van der Waals surface area contributed by atoms with Gasteiger partial charge in [0.05, 0.1) is 25.3 Å². The predicted octanol–water partition coefficient (Wildman–Crippen LogP) is 2.96. The lowest BCUT2D eigenvalue weighted by Crippen LogP contribution is -2.10. The number of hydrogen-bond donors (Lipinski definition) is 1. The van der Waals surface area contributed by atoms with E-state index in [1.165, 1.54) is 0 Å². The van der Waals surface area contributed by atoms with Crippen LogP contribution in [-0.4, -0.2) is 19.9 Å². The van der Waals surface area contributed by atoms with Crippen LogP contribution in [0.5, 0.6) is 5.75 Å². The average Bonchev–Trinajstić information content (AvgIpc) is 2.94. The van der Waals surface area contributed by atoms with Crippen molar-refractivity contribution >= 4 is 36.4 Å². The molecule has 0 bridgehead atoms. The molecule has 19 heavy (non-hydrogen) atoms. The number of benzene rings is 1. The first-order chi connectivity index (χ1) is 9.20. The monoisotopic (exact) mass is 267 g/mol. The molecule has 0 aliphatic rings. The van der Waals surface area contributed by atoms with Gasteiger partial charge in [-0.1, -0.05) is 12.2 Å². The van der Waals surface area contributed by atoms with Gasteiger partial charge in [0.25, 0.3) is 0 Å². The van der Waals surface area contributed by atoms with Crippen LogP contribution in [0.25, 0.3) is 22.2 Å². The summed E-state index contributed by atoms with van der Waals surface area (Å²) in [5.41, 5.74) is 3.13. The largest absolute Gasteiger partial charge is 0.497 e. The van der Waals surface area contributed by atoms with Crippen LogP contribution in [0.15, 0.2) is 41.2 Å². The molecule has 0 saturated heterocycles. The molecule has 2 aromatic heterocycles. The Morgan fingerprint density at radius 3 is 2.84 bits per heavy atom. The van der Waals surface area contributed by atoms with Gasteiger partial charge in [0, 0.05) is 21.0 Å². The topological polar surface area (TPSA) is 38.2 Å². The Bertz CT molecular complexity index is 793. The van der Waals surface area contributed by atoms with Gasteiger partial charge in [0.1, 0.15) is 13.6 Å². The van der Waals surface area contributed by atoms with Crippen molar-refractivity contribution in [3.05, 3.63) is 41.3 Å². The summed E-state index contributed by atoms with van der Waals surface area (Å²) in [5.74, 6) is 0.627. The zero-order chi connectivity index (χ0) is 13.4. The molecule has 3 rings (SSSR count). The Hall–Kier alpha value is -2.01. The van der Waals surface area contributed by atoms with Crippen LogP contribution in [-0.2, 0) is 0 Å². The number of furan rings is 1. The van der Waals surface area contributed by atoms with E-state index in [1.807, 2.05) is 24.3 Å². The highest BCUT2D eigenvalue weighted by Crippen LogP contribution is 2.23. The maximum absolute atomic E-state index is 6.09. The standard InChI is InChI=1S/C14H10BNO2S/c1-17-11-3-2-9-12(19)6-10(8-4-5-18-7-8)16-14(9)13(11)15/h2-7H,1H3,(H,16,19). The van der Waals surface area contributed by atoms with Crippen LogP contribution in [0, 0.1) is 4.51 Å². The molecule has 0 spiro atoms. The molecule has 1 N–H and O–H groups in total. The van der Waals surface area contributed by atoms with Crippen LogP contribution in [0.4, 0.5) is 0 Å². The van der Waals surface area contributed by atoms with E-state index < -0.39 is 0 Å². The van der Waals surface area contributed by atoms with E-state index in [2.05, 4.69) is 4.98 Å². The van der Waals surface area contributed by atoms with Crippen molar-refractivity contribution in [3.8, 4) is 17.0 Å². The minimum absolute atomic E-state index is 0.552. The number of ether oxygens (including phenoxy) is 1. The molecule has 2 radical (unpaired) electrons. The Kier molecular flexibility index (Phi) is 2.91. The quantitative estimate of drug-likeness (QED) is 0.573. The molecule has 3 aromatic rings. The van der Waals surface area contributed by atoms with Crippen molar-refractivity contribution in [2.45, 2.75) is 0 Å². The third-order valence-corrected chi connectivity index (χ3v) is 3.40. The smallest absolute Gasteiger partial charge is 0.121 e. The van der Waals surface area contributed by atoms with E-state index in [0.717, 1.165) is 26.7 Å². The number of methoxy groups -OCH3 is 1. The molecule has 0 saturated carbocycles. The van der Waals surface area contributed by atoms with E-state index >= 15 is 0 Å². The summed E-state index contributed by atoms with van der Waals surface area (Å²) in [6.45, 7) is 0. The number of pyridine rings is 1. The molecule has 3 nitrogen and oxygen atoms in total. The third kappa shape index (κ3) is 1.96. The summed E-state index contributed by atoms with van der Waals surface area (Å²) < 4.78 is 11.0. The first-order valence-electron chi connectivity index (χ1n) is 5.73. The second kappa shape index (κ2) is 4.59. The number of nitrogens with one attached hydrogen (secondary N) is 1. The summed E-state index contributed by atoms with van der Waals surface area (Å²) in [6.07, 6.45) is 3.27. The van der Waals surface area contributed by atoms with Gasteiger partial charge in [-0.25, -0.2) is 0 Å². The fourth-order valence-electron chi connectivity index (χ4n) is 2.07. The normalized spacial score (nSPS) is 10.8. The molecule has 0 aliphatic carbocycles. The summed E-state index contributed by atoms with van der Waals surface area (Å²) in [5, 5.41) is 0.903. The van der Waals surface area contributed by atoms with Crippen LogP contribution >= 0.6 is 12.2 Å². The highest BCUT2D eigenvalue weighted by Gasteiger charge is 2.08. The Balaban J connectivity index is 2.35. The molecule has 92 valence electrons. The molecule has 5 heteroatoms. The molecular formula is C14H10BNO2S. The first-order valence-corrected chi connectivity index (χ1v) is 6.13. The second-order valence-corrected chi connectivity index (χ2v) is 4.60. The summed E-state index contributed by atoms with van der Waals surface area (Å²) in [6, 6.07) is 7.48. The number of aromatic amines is 1. The molecule has 0 unspecified atom stereocenters. The van der Waals surface area contributed by atoms with Crippen molar-refractivity contribution < 1.29 is 9.15 Å². The van der Waals surface area contributed by atoms with Crippen molar-refractivity contribution in [2.75, 3.05) is 7.11 Å². The number of hydrogen-bond acceptors (Lipinski definition) is 3. The van der Waals surface area contributed by atoms with Gasteiger partial charge < -0.3 is 14.1 Å². The summed E-state index contributed by atoms with van der Waals surface area (Å²) >= 11 is 5.41. The van der Waals surface area contributed by atoms with Crippen LogP contribution < -0.4 is 10.2 Å². The van der Waals surface area contributed by atoms with Gasteiger partial charge in [-0.3, -0.25) is 0 Å². The lowest BCUT2D eigenvalue weighted by Gasteiger charge is -2.10. The van der Waals surface area contributed by atoms with Crippen molar-refractivity contribution in [1.29, 1.82) is 0 Å². The van der Waals surface area contributed by atoms with Crippen LogP contribution in [0.3, 0.4) is 0 Å². The van der Waals surface area contributed by atoms with Crippen LogP contribution in [0.1, 0.15) is 0 Å². The Morgan fingerprint density at radius 1 is 1.32 bits per heavy atom. The van der Waals surface area contributed by atoms with E-state index in [9.17, 15) is 0 Å². The zero-order valence-corrected chi connectivity index (χ0v) is 11.1. The van der Waals surface area contributed by atoms with Gasteiger partial charge in [0.15, 0.2) is 0 Å². The predicted molar refractivity (Wildman–Crippen MR) is 78.8 cm³/mol. The maximum Gasteiger partial charge on any atom is 0.121 e. The van der Waals surface area contributed by atoms with Crippen molar-refractivity contribution in [3.63, 3.8) is 0 Å². The lowest BCUT2D eigenvalue weighted by atomic mass is 9.91. The molecule has 0 fully saturated rings. The number of aromatic nitrogens is 1. The third-order valence-electron chi connectivity index (χ3n) is 3.06. The lowest BCUT2D eigenvalue weighted by molar-refractivity contribution is 0.418.